The lowest BCUT2D eigenvalue weighted by Crippen LogP contribution is -2.43. The van der Waals surface area contributed by atoms with E-state index in [1.165, 1.54) is 6.42 Å². The van der Waals surface area contributed by atoms with Gasteiger partial charge >= 0.3 is 5.97 Å². The topological polar surface area (TPSA) is 62.9 Å². The minimum absolute atomic E-state index is 0.179. The van der Waals surface area contributed by atoms with E-state index in [9.17, 15) is 9.90 Å². The number of carbonyl (C=O) groups excluding carboxylic acids is 1. The zero-order valence-electron chi connectivity index (χ0n) is 17.9. The molecule has 5 nitrogen and oxygen atoms in total. The first-order valence-corrected chi connectivity index (χ1v) is 10.8. The highest BCUT2D eigenvalue weighted by atomic mass is 16.5. The third-order valence-corrected chi connectivity index (χ3v) is 6.17. The number of furan rings is 1. The van der Waals surface area contributed by atoms with Gasteiger partial charge in [-0.15, -0.1) is 0 Å². The van der Waals surface area contributed by atoms with Gasteiger partial charge in [0.1, 0.15) is 22.7 Å². The van der Waals surface area contributed by atoms with Crippen LogP contribution in [0.2, 0.25) is 0 Å². The molecule has 3 aromatic rings. The quantitative estimate of drug-likeness (QED) is 0.546. The molecule has 0 saturated carbocycles. The highest BCUT2D eigenvalue weighted by Gasteiger charge is 2.30. The Morgan fingerprint density at radius 3 is 2.50 bits per heavy atom. The summed E-state index contributed by atoms with van der Waals surface area (Å²) in [5, 5.41) is 11.5. The molecule has 0 amide bonds. The maximum Gasteiger partial charge on any atom is 0.342 e. The average molecular weight is 408 g/mol. The Balaban J connectivity index is 1.91. The fourth-order valence-electron chi connectivity index (χ4n) is 4.57. The summed E-state index contributed by atoms with van der Waals surface area (Å²) in [5.74, 6) is 0.232. The van der Waals surface area contributed by atoms with Crippen molar-refractivity contribution >= 4 is 16.9 Å². The van der Waals surface area contributed by atoms with Crippen LogP contribution in [0.3, 0.4) is 0 Å². The second-order valence-corrected chi connectivity index (χ2v) is 8.13. The van der Waals surface area contributed by atoms with Crippen molar-refractivity contribution in [3.05, 3.63) is 53.6 Å². The van der Waals surface area contributed by atoms with E-state index in [0.717, 1.165) is 24.0 Å². The van der Waals surface area contributed by atoms with Gasteiger partial charge in [-0.3, -0.25) is 4.90 Å². The highest BCUT2D eigenvalue weighted by Crippen LogP contribution is 2.40. The number of likely N-dealkylation sites (tertiary alicyclic amines) is 1. The Hall–Kier alpha value is -2.79. The zero-order chi connectivity index (χ0) is 21.3. The Kier molecular flexibility index (Phi) is 5.82. The number of carbonyl (C=O) groups is 1. The van der Waals surface area contributed by atoms with Crippen LogP contribution in [0, 0.1) is 0 Å². The molecular weight excluding hydrogens is 378 g/mol. The number of nitrogens with zero attached hydrogens (tertiary/aromatic N) is 1. The second kappa shape index (κ2) is 8.52. The van der Waals surface area contributed by atoms with Crippen LogP contribution in [-0.4, -0.2) is 34.7 Å². The third-order valence-electron chi connectivity index (χ3n) is 6.17. The van der Waals surface area contributed by atoms with E-state index in [-0.39, 0.29) is 12.4 Å². The molecule has 1 N–H and O–H groups in total. The molecule has 30 heavy (non-hydrogen) atoms. The van der Waals surface area contributed by atoms with Gasteiger partial charge in [-0.1, -0.05) is 36.8 Å². The molecule has 1 fully saturated rings. The van der Waals surface area contributed by atoms with Gasteiger partial charge < -0.3 is 14.3 Å². The summed E-state index contributed by atoms with van der Waals surface area (Å²) in [7, 11) is 0. The van der Waals surface area contributed by atoms with Crippen molar-refractivity contribution in [1.82, 2.24) is 4.90 Å². The molecular formula is C25H29NO4. The van der Waals surface area contributed by atoms with Gasteiger partial charge in [-0.25, -0.2) is 4.79 Å². The number of esters is 1. The summed E-state index contributed by atoms with van der Waals surface area (Å²) in [6, 6.07) is 13.8. The molecule has 1 aliphatic rings. The summed E-state index contributed by atoms with van der Waals surface area (Å²) in [4.78, 5) is 15.4. The van der Waals surface area contributed by atoms with Crippen molar-refractivity contribution in [3.8, 4) is 17.1 Å². The SMILES string of the molecule is CCOC(=O)c1c(-c2ccccc2)oc2ccc(O)c(CN3[C@H](C)CCC[C@@H]3C)c12. The summed E-state index contributed by atoms with van der Waals surface area (Å²) in [5.41, 5.74) is 2.51. The smallest absolute Gasteiger partial charge is 0.342 e. The van der Waals surface area contributed by atoms with Crippen LogP contribution in [0.5, 0.6) is 5.75 Å². The second-order valence-electron chi connectivity index (χ2n) is 8.13. The molecule has 2 atom stereocenters. The highest BCUT2D eigenvalue weighted by molar-refractivity contribution is 6.10. The molecule has 1 aliphatic heterocycles. The number of rotatable bonds is 5. The minimum Gasteiger partial charge on any atom is -0.508 e. The molecule has 1 saturated heterocycles. The molecule has 1 aromatic heterocycles. The zero-order valence-corrected chi connectivity index (χ0v) is 17.9. The number of phenols is 1. The van der Waals surface area contributed by atoms with Crippen molar-refractivity contribution in [1.29, 1.82) is 0 Å². The largest absolute Gasteiger partial charge is 0.508 e. The standard InChI is InChI=1S/C25H29NO4/c1-4-29-25(28)23-22-19(15-26-16(2)9-8-10-17(26)3)20(27)13-14-21(22)30-24(23)18-11-6-5-7-12-18/h5-7,11-14,16-17,27H,4,8-10,15H2,1-3H3/t16-,17+. The van der Waals surface area contributed by atoms with Crippen molar-refractivity contribution in [2.45, 2.75) is 58.7 Å². The van der Waals surface area contributed by atoms with E-state index < -0.39 is 5.97 Å². The van der Waals surface area contributed by atoms with Crippen LogP contribution in [0.4, 0.5) is 0 Å². The van der Waals surface area contributed by atoms with E-state index in [1.807, 2.05) is 30.3 Å². The predicted octanol–water partition coefficient (Wildman–Crippen LogP) is 5.75. The minimum atomic E-state index is -0.429. The fraction of sp³-hybridized carbons (Fsp3) is 0.400. The lowest BCUT2D eigenvalue weighted by Gasteiger charge is -2.39. The van der Waals surface area contributed by atoms with Gasteiger partial charge in [0.15, 0.2) is 0 Å². The molecule has 0 bridgehead atoms. The van der Waals surface area contributed by atoms with E-state index in [2.05, 4.69) is 18.7 Å². The molecule has 0 spiro atoms. The maximum absolute atomic E-state index is 13.0. The van der Waals surface area contributed by atoms with E-state index in [1.54, 1.807) is 19.1 Å². The van der Waals surface area contributed by atoms with Crippen LogP contribution >= 0.6 is 0 Å². The number of piperidine rings is 1. The first-order valence-electron chi connectivity index (χ1n) is 10.8. The van der Waals surface area contributed by atoms with Crippen LogP contribution in [0.1, 0.15) is 56.0 Å². The molecule has 0 unspecified atom stereocenters. The molecule has 4 rings (SSSR count). The Morgan fingerprint density at radius 1 is 1.13 bits per heavy atom. The van der Waals surface area contributed by atoms with E-state index >= 15 is 0 Å². The van der Waals surface area contributed by atoms with E-state index in [4.69, 9.17) is 9.15 Å². The van der Waals surface area contributed by atoms with Crippen molar-refractivity contribution < 1.29 is 19.1 Å². The number of fused-ring (bicyclic) bond motifs is 1. The molecule has 0 radical (unpaired) electrons. The summed E-state index contributed by atoms with van der Waals surface area (Å²) >= 11 is 0. The summed E-state index contributed by atoms with van der Waals surface area (Å²) in [6.07, 6.45) is 3.48. The van der Waals surface area contributed by atoms with E-state index in [0.29, 0.717) is 40.9 Å². The molecule has 2 heterocycles. The number of hydrogen-bond donors (Lipinski definition) is 1. The van der Waals surface area contributed by atoms with Gasteiger partial charge in [0, 0.05) is 35.1 Å². The number of phenolic OH excluding ortho intramolecular Hbond substituents is 1. The average Bonchev–Trinajstić information content (AvgIpc) is 3.13. The molecule has 2 aromatic carbocycles. The number of ether oxygens (including phenoxy) is 1. The lowest BCUT2D eigenvalue weighted by molar-refractivity contribution is 0.0528. The monoisotopic (exact) mass is 407 g/mol. The van der Waals surface area contributed by atoms with Crippen molar-refractivity contribution in [2.75, 3.05) is 6.61 Å². The first kappa shape index (κ1) is 20.5. The Morgan fingerprint density at radius 2 is 1.83 bits per heavy atom. The number of aromatic hydroxyl groups is 1. The third kappa shape index (κ3) is 3.70. The number of hydrogen-bond acceptors (Lipinski definition) is 5. The normalized spacial score (nSPS) is 19.8. The van der Waals surface area contributed by atoms with Gasteiger partial charge in [0.25, 0.3) is 0 Å². The Labute approximate surface area is 177 Å². The summed E-state index contributed by atoms with van der Waals surface area (Å²) < 4.78 is 11.6. The number of benzene rings is 2. The van der Waals surface area contributed by atoms with Gasteiger partial charge in [-0.2, -0.15) is 0 Å². The van der Waals surface area contributed by atoms with Gasteiger partial charge in [0.2, 0.25) is 0 Å². The lowest BCUT2D eigenvalue weighted by atomic mass is 9.95. The first-order chi connectivity index (χ1) is 14.5. The Bertz CT molecular complexity index is 1030. The van der Waals surface area contributed by atoms with Crippen LogP contribution in [0.25, 0.3) is 22.3 Å². The molecule has 5 heteroatoms. The fourth-order valence-corrected chi connectivity index (χ4v) is 4.57. The maximum atomic E-state index is 13.0. The van der Waals surface area contributed by atoms with Crippen molar-refractivity contribution in [2.24, 2.45) is 0 Å². The van der Waals surface area contributed by atoms with Gasteiger partial charge in [-0.05, 0) is 45.7 Å². The van der Waals surface area contributed by atoms with Crippen LogP contribution in [0.15, 0.2) is 46.9 Å². The molecule has 0 aliphatic carbocycles. The van der Waals surface area contributed by atoms with Crippen molar-refractivity contribution in [3.63, 3.8) is 0 Å². The van der Waals surface area contributed by atoms with Gasteiger partial charge in [0.05, 0.1) is 6.61 Å². The molecule has 158 valence electrons. The van der Waals surface area contributed by atoms with Crippen LogP contribution in [-0.2, 0) is 11.3 Å². The summed E-state index contributed by atoms with van der Waals surface area (Å²) in [6.45, 7) is 7.07. The predicted molar refractivity (Wildman–Crippen MR) is 118 cm³/mol. The van der Waals surface area contributed by atoms with Crippen LogP contribution < -0.4 is 0 Å².